The van der Waals surface area contributed by atoms with E-state index in [4.69, 9.17) is 4.74 Å². The first-order valence-electron chi connectivity index (χ1n) is 11.8. The van der Waals surface area contributed by atoms with Gasteiger partial charge in [-0.15, -0.1) is 0 Å². The number of ether oxygens (including phenoxy) is 1. The van der Waals surface area contributed by atoms with Crippen LogP contribution < -0.4 is 10.0 Å². The van der Waals surface area contributed by atoms with Crippen LogP contribution in [0.5, 0.6) is 0 Å². The van der Waals surface area contributed by atoms with Crippen molar-refractivity contribution in [1.29, 1.82) is 0 Å². The molecule has 1 amide bonds. The van der Waals surface area contributed by atoms with E-state index < -0.39 is 55.1 Å². The average molecular weight is 534 g/mol. The number of hydrogen-bond donors (Lipinski definition) is 2. The predicted molar refractivity (Wildman–Crippen MR) is 140 cm³/mol. The van der Waals surface area contributed by atoms with Crippen molar-refractivity contribution in [2.75, 3.05) is 0 Å². The molecule has 10 nitrogen and oxygen atoms in total. The van der Waals surface area contributed by atoms with Gasteiger partial charge in [0, 0.05) is 12.5 Å². The molecule has 2 aromatic rings. The van der Waals surface area contributed by atoms with Gasteiger partial charge >= 0.3 is 5.97 Å². The zero-order valence-corrected chi connectivity index (χ0v) is 23.0. The van der Waals surface area contributed by atoms with E-state index >= 15 is 0 Å². The lowest BCUT2D eigenvalue weighted by atomic mass is 9.86. The lowest BCUT2D eigenvalue weighted by Crippen LogP contribution is -2.52. The second kappa shape index (κ2) is 11.4. The Morgan fingerprint density at radius 1 is 1.00 bits per heavy atom. The number of carbonyl (C=O) groups excluding carboxylic acids is 2. The summed E-state index contributed by atoms with van der Waals surface area (Å²) in [4.78, 5) is 35.7. The first-order chi connectivity index (χ1) is 16.9. The number of hydrogen-bond acceptors (Lipinski definition) is 7. The number of nitrogens with one attached hydrogen (secondary N) is 2. The number of sulfonamides is 1. The predicted octanol–water partition coefficient (Wildman–Crippen LogP) is 3.63. The molecule has 2 atom stereocenters. The second-order valence-electron chi connectivity index (χ2n) is 10.8. The van der Waals surface area contributed by atoms with Crippen molar-refractivity contribution < 1.29 is 27.7 Å². The highest BCUT2D eigenvalue weighted by Gasteiger charge is 2.32. The fourth-order valence-electron chi connectivity index (χ4n) is 3.42. The maximum atomic E-state index is 12.9. The monoisotopic (exact) mass is 533 g/mol. The Morgan fingerprint density at radius 3 is 2.08 bits per heavy atom. The fourth-order valence-corrected chi connectivity index (χ4v) is 4.80. The van der Waals surface area contributed by atoms with Crippen molar-refractivity contribution in [3.8, 4) is 0 Å². The van der Waals surface area contributed by atoms with E-state index in [2.05, 4.69) is 30.8 Å². The van der Waals surface area contributed by atoms with Crippen LogP contribution in [-0.2, 0) is 36.2 Å². The third-order valence-corrected chi connectivity index (χ3v) is 6.93. The molecule has 0 spiro atoms. The Kier molecular flexibility index (Phi) is 9.21. The quantitative estimate of drug-likeness (QED) is 0.284. The lowest BCUT2D eigenvalue weighted by molar-refractivity contribution is -0.387. The molecule has 0 radical (unpaired) electrons. The number of carbonyl (C=O) groups is 2. The van der Waals surface area contributed by atoms with Crippen molar-refractivity contribution >= 4 is 27.6 Å². The van der Waals surface area contributed by atoms with Gasteiger partial charge in [0.1, 0.15) is 11.6 Å². The first kappa shape index (κ1) is 29.9. The number of benzene rings is 2. The summed E-state index contributed by atoms with van der Waals surface area (Å²) in [6.45, 7) is 12.6. The molecule has 0 heterocycles. The fraction of sp³-hybridized carbons (Fsp3) is 0.462. The van der Waals surface area contributed by atoms with Crippen molar-refractivity contribution in [3.63, 3.8) is 0 Å². The summed E-state index contributed by atoms with van der Waals surface area (Å²) in [5.41, 5.74) is 0.394. The molecule has 2 N–H and O–H groups in total. The number of rotatable bonds is 9. The van der Waals surface area contributed by atoms with Crippen molar-refractivity contribution in [2.24, 2.45) is 0 Å². The molecular formula is C26H35N3O7S. The number of nitro benzene ring substituents is 1. The van der Waals surface area contributed by atoms with Gasteiger partial charge in [-0.1, -0.05) is 57.2 Å². The molecular weight excluding hydrogens is 498 g/mol. The van der Waals surface area contributed by atoms with Gasteiger partial charge in [0.25, 0.3) is 5.69 Å². The van der Waals surface area contributed by atoms with E-state index in [1.54, 1.807) is 20.8 Å². The summed E-state index contributed by atoms with van der Waals surface area (Å²) < 4.78 is 33.2. The van der Waals surface area contributed by atoms with E-state index in [1.165, 1.54) is 19.1 Å². The number of esters is 1. The van der Waals surface area contributed by atoms with E-state index in [-0.39, 0.29) is 11.8 Å². The van der Waals surface area contributed by atoms with Crippen LogP contribution in [-0.4, -0.2) is 42.9 Å². The molecule has 2 aromatic carbocycles. The van der Waals surface area contributed by atoms with Crippen LogP contribution in [0.1, 0.15) is 59.6 Å². The Morgan fingerprint density at radius 2 is 1.57 bits per heavy atom. The summed E-state index contributed by atoms with van der Waals surface area (Å²) in [5, 5.41) is 13.8. The van der Waals surface area contributed by atoms with Crippen molar-refractivity contribution in [3.05, 3.63) is 69.8 Å². The van der Waals surface area contributed by atoms with Gasteiger partial charge in [-0.3, -0.25) is 14.9 Å². The van der Waals surface area contributed by atoms with Gasteiger partial charge in [0.2, 0.25) is 15.9 Å². The minimum Gasteiger partial charge on any atom is -0.458 e. The van der Waals surface area contributed by atoms with Gasteiger partial charge in [-0.05, 0) is 50.3 Å². The minimum absolute atomic E-state index is 0.0578. The molecule has 2 rings (SSSR count). The Labute approximate surface area is 218 Å². The highest BCUT2D eigenvalue weighted by Crippen LogP contribution is 2.24. The van der Waals surface area contributed by atoms with Crippen LogP contribution in [0.4, 0.5) is 5.69 Å². The molecule has 0 saturated heterocycles. The molecule has 37 heavy (non-hydrogen) atoms. The van der Waals surface area contributed by atoms with Gasteiger partial charge in [-0.25, -0.2) is 13.2 Å². The van der Waals surface area contributed by atoms with E-state index in [0.29, 0.717) is 0 Å². The summed E-state index contributed by atoms with van der Waals surface area (Å²) in [6, 6.07) is 10.0. The maximum Gasteiger partial charge on any atom is 0.329 e. The molecule has 0 aromatic heterocycles. The molecule has 0 saturated carbocycles. The largest absolute Gasteiger partial charge is 0.458 e. The zero-order valence-electron chi connectivity index (χ0n) is 22.2. The average Bonchev–Trinajstić information content (AvgIpc) is 2.76. The number of para-hydroxylation sites is 1. The van der Waals surface area contributed by atoms with Crippen LogP contribution in [0, 0.1) is 10.1 Å². The SMILES string of the molecule is C[C@H](NS(=O)(=O)c1ccccc1[N+](=O)[O-])C(=O)N[C@@H](Cc1ccc(C(C)(C)C)cc1)C(=O)OC(C)(C)C. The van der Waals surface area contributed by atoms with Gasteiger partial charge < -0.3 is 10.1 Å². The Hall–Kier alpha value is -3.31. The molecule has 11 heteroatoms. The van der Waals surface area contributed by atoms with Crippen LogP contribution in [0.15, 0.2) is 53.4 Å². The summed E-state index contributed by atoms with van der Waals surface area (Å²) in [5.74, 6) is -1.46. The molecule has 0 aliphatic heterocycles. The number of nitrogens with zero attached hydrogens (tertiary/aromatic N) is 1. The summed E-state index contributed by atoms with van der Waals surface area (Å²) in [7, 11) is -4.41. The Balaban J connectivity index is 2.25. The second-order valence-corrected chi connectivity index (χ2v) is 12.5. The van der Waals surface area contributed by atoms with E-state index in [9.17, 15) is 28.1 Å². The molecule has 0 aliphatic rings. The molecule has 202 valence electrons. The lowest BCUT2D eigenvalue weighted by Gasteiger charge is -2.26. The minimum atomic E-state index is -4.41. The third kappa shape index (κ3) is 8.64. The van der Waals surface area contributed by atoms with Crippen LogP contribution >= 0.6 is 0 Å². The summed E-state index contributed by atoms with van der Waals surface area (Å²) in [6.07, 6.45) is 0.120. The normalized spacial score (nSPS) is 13.9. The van der Waals surface area contributed by atoms with E-state index in [1.807, 2.05) is 24.3 Å². The van der Waals surface area contributed by atoms with Crippen LogP contribution in [0.25, 0.3) is 0 Å². The standard InChI is InChI=1S/C26H35N3O7S/c1-17(28-37(34,35)22-11-9-8-10-21(22)29(32)33)23(30)27-20(24(31)36-26(5,6)7)16-18-12-14-19(15-13-18)25(2,3)4/h8-15,17,20,28H,16H2,1-7H3,(H,27,30)/t17-,20-/m0/s1. The highest BCUT2D eigenvalue weighted by atomic mass is 32.2. The van der Waals surface area contributed by atoms with Gasteiger partial charge in [-0.2, -0.15) is 4.72 Å². The smallest absolute Gasteiger partial charge is 0.329 e. The van der Waals surface area contributed by atoms with E-state index in [0.717, 1.165) is 23.3 Å². The van der Waals surface area contributed by atoms with Gasteiger partial charge in [0.15, 0.2) is 4.90 Å². The molecule has 0 aliphatic carbocycles. The summed E-state index contributed by atoms with van der Waals surface area (Å²) >= 11 is 0. The maximum absolute atomic E-state index is 12.9. The highest BCUT2D eigenvalue weighted by molar-refractivity contribution is 7.89. The molecule has 0 bridgehead atoms. The first-order valence-corrected chi connectivity index (χ1v) is 13.3. The molecule has 0 fully saturated rings. The van der Waals surface area contributed by atoms with Crippen LogP contribution in [0.2, 0.25) is 0 Å². The topological polar surface area (TPSA) is 145 Å². The van der Waals surface area contributed by atoms with Gasteiger partial charge in [0.05, 0.1) is 11.0 Å². The number of amides is 1. The third-order valence-electron chi connectivity index (χ3n) is 5.34. The molecule has 0 unspecified atom stereocenters. The van der Waals surface area contributed by atoms with Crippen molar-refractivity contribution in [1.82, 2.24) is 10.0 Å². The van der Waals surface area contributed by atoms with Crippen LogP contribution in [0.3, 0.4) is 0 Å². The Bertz CT molecular complexity index is 1240. The van der Waals surface area contributed by atoms with Crippen molar-refractivity contribution in [2.45, 2.75) is 82.9 Å². The zero-order chi connectivity index (χ0) is 28.2. The number of nitro groups is 1.